The van der Waals surface area contributed by atoms with E-state index in [1.54, 1.807) is 13.8 Å². The Labute approximate surface area is 231 Å². The predicted molar refractivity (Wildman–Crippen MR) is 149 cm³/mol. The Balaban J connectivity index is 1.49. The summed E-state index contributed by atoms with van der Waals surface area (Å²) in [4.78, 5) is 37.1. The van der Waals surface area contributed by atoms with Gasteiger partial charge in [0.15, 0.2) is 17.5 Å². The fourth-order valence-corrected chi connectivity index (χ4v) is 5.59. The molecule has 0 unspecified atom stereocenters. The zero-order chi connectivity index (χ0) is 28.9. The number of rotatable bonds is 7. The van der Waals surface area contributed by atoms with Gasteiger partial charge in [-0.15, -0.1) is 0 Å². The van der Waals surface area contributed by atoms with Gasteiger partial charge < -0.3 is 15.5 Å². The molecule has 40 heavy (non-hydrogen) atoms. The summed E-state index contributed by atoms with van der Waals surface area (Å²) >= 11 is 0. The molecule has 2 aromatic heterocycles. The Morgan fingerprint density at radius 2 is 1.75 bits per heavy atom. The van der Waals surface area contributed by atoms with Crippen LogP contribution in [0.25, 0.3) is 22.2 Å². The van der Waals surface area contributed by atoms with Crippen LogP contribution in [0.15, 0.2) is 23.1 Å². The summed E-state index contributed by atoms with van der Waals surface area (Å²) in [6.07, 6.45) is 6.17. The molecule has 214 valence electrons. The highest BCUT2D eigenvalue weighted by Crippen LogP contribution is 2.39. The number of carbonyl (C=O) groups is 1. The molecule has 3 aromatic rings. The highest BCUT2D eigenvalue weighted by atomic mass is 19.2. The third-order valence-corrected chi connectivity index (χ3v) is 8.19. The normalized spacial score (nSPS) is 22.6. The second-order valence-corrected chi connectivity index (χ2v) is 11.6. The minimum absolute atomic E-state index is 0.110. The Morgan fingerprint density at radius 1 is 1.07 bits per heavy atom. The van der Waals surface area contributed by atoms with E-state index in [1.807, 2.05) is 6.92 Å². The third-order valence-electron chi connectivity index (χ3n) is 8.19. The molecule has 2 heterocycles. The van der Waals surface area contributed by atoms with E-state index in [2.05, 4.69) is 39.6 Å². The van der Waals surface area contributed by atoms with Crippen LogP contribution in [0.5, 0.6) is 0 Å². The van der Waals surface area contributed by atoms with Crippen molar-refractivity contribution in [2.24, 2.45) is 11.8 Å². The van der Waals surface area contributed by atoms with Crippen molar-refractivity contribution in [1.82, 2.24) is 19.4 Å². The van der Waals surface area contributed by atoms with E-state index >= 15 is 13.2 Å². The van der Waals surface area contributed by atoms with Gasteiger partial charge in [-0.1, -0.05) is 6.92 Å². The number of fused-ring (bicyclic) bond motifs is 1. The Kier molecular flexibility index (Phi) is 7.60. The van der Waals surface area contributed by atoms with Crippen molar-refractivity contribution < 1.29 is 18.0 Å². The SMILES string of the molecule is CC(C)n1c(=O)c(-c2cc(F)c(NC(=O)[C@@H]3C[C@@H]3C)c(F)c2F)cc2cnc(N[C@H]3CC[C@H](N(C)C)CC3)nc21. The summed E-state index contributed by atoms with van der Waals surface area (Å²) < 4.78 is 46.7. The zero-order valence-electron chi connectivity index (χ0n) is 23.4. The minimum Gasteiger partial charge on any atom is -0.351 e. The first-order chi connectivity index (χ1) is 19.0. The van der Waals surface area contributed by atoms with Crippen LogP contribution in [0.3, 0.4) is 0 Å². The minimum atomic E-state index is -1.55. The van der Waals surface area contributed by atoms with Crippen LogP contribution in [0.4, 0.5) is 24.8 Å². The van der Waals surface area contributed by atoms with Crippen molar-refractivity contribution in [3.05, 3.63) is 46.1 Å². The van der Waals surface area contributed by atoms with Crippen LogP contribution in [-0.4, -0.2) is 51.5 Å². The van der Waals surface area contributed by atoms with Gasteiger partial charge in [0, 0.05) is 41.2 Å². The second-order valence-electron chi connectivity index (χ2n) is 11.6. The monoisotopic (exact) mass is 556 g/mol. The van der Waals surface area contributed by atoms with Gasteiger partial charge in [0.2, 0.25) is 11.9 Å². The topological polar surface area (TPSA) is 92.1 Å². The maximum absolute atomic E-state index is 15.3. The number of pyridine rings is 1. The molecule has 0 radical (unpaired) electrons. The average molecular weight is 557 g/mol. The van der Waals surface area contributed by atoms with E-state index in [1.165, 1.54) is 16.8 Å². The molecule has 2 aliphatic carbocycles. The van der Waals surface area contributed by atoms with E-state index in [9.17, 15) is 9.59 Å². The molecule has 5 rings (SSSR count). The molecule has 8 nitrogen and oxygen atoms in total. The van der Waals surface area contributed by atoms with Crippen molar-refractivity contribution in [2.45, 2.75) is 71.0 Å². The lowest BCUT2D eigenvalue weighted by atomic mass is 9.91. The maximum atomic E-state index is 15.3. The molecular weight excluding hydrogens is 521 g/mol. The first-order valence-corrected chi connectivity index (χ1v) is 13.8. The number of hydrogen-bond donors (Lipinski definition) is 2. The zero-order valence-corrected chi connectivity index (χ0v) is 23.4. The predicted octanol–water partition coefficient (Wildman–Crippen LogP) is 5.34. The lowest BCUT2D eigenvalue weighted by Crippen LogP contribution is -2.36. The molecule has 1 amide bonds. The number of carbonyl (C=O) groups excluding carboxylic acids is 1. The number of anilines is 2. The Morgan fingerprint density at radius 3 is 2.35 bits per heavy atom. The molecule has 2 saturated carbocycles. The molecule has 2 aliphatic rings. The number of benzene rings is 1. The fraction of sp³-hybridized carbons (Fsp3) is 0.517. The van der Waals surface area contributed by atoms with Crippen molar-refractivity contribution in [3.63, 3.8) is 0 Å². The van der Waals surface area contributed by atoms with Gasteiger partial charge in [0.05, 0.1) is 5.56 Å². The largest absolute Gasteiger partial charge is 0.351 e. The number of amides is 1. The van der Waals surface area contributed by atoms with Crippen LogP contribution in [0.1, 0.15) is 58.9 Å². The highest BCUT2D eigenvalue weighted by molar-refractivity contribution is 5.95. The molecule has 2 N–H and O–H groups in total. The van der Waals surface area contributed by atoms with Gasteiger partial charge in [0.1, 0.15) is 11.3 Å². The maximum Gasteiger partial charge on any atom is 0.260 e. The summed E-state index contributed by atoms with van der Waals surface area (Å²) in [5.41, 5.74) is -1.91. The van der Waals surface area contributed by atoms with Crippen molar-refractivity contribution in [2.75, 3.05) is 24.7 Å². The van der Waals surface area contributed by atoms with Crippen molar-refractivity contribution >= 4 is 28.6 Å². The number of nitrogens with one attached hydrogen (secondary N) is 2. The van der Waals surface area contributed by atoms with Gasteiger partial charge in [-0.05, 0) is 78.1 Å². The molecular formula is C29H35F3N6O2. The Bertz CT molecular complexity index is 1510. The quantitative estimate of drug-likeness (QED) is 0.382. The molecule has 2 atom stereocenters. The average Bonchev–Trinajstić information content (AvgIpc) is 3.65. The Hall–Kier alpha value is -3.47. The van der Waals surface area contributed by atoms with Gasteiger partial charge in [-0.2, -0.15) is 4.98 Å². The molecule has 11 heteroatoms. The van der Waals surface area contributed by atoms with Crippen LogP contribution >= 0.6 is 0 Å². The van der Waals surface area contributed by atoms with Crippen LogP contribution in [-0.2, 0) is 4.79 Å². The highest BCUT2D eigenvalue weighted by Gasteiger charge is 2.40. The molecule has 0 bridgehead atoms. The van der Waals surface area contributed by atoms with Crippen molar-refractivity contribution in [3.8, 4) is 11.1 Å². The van der Waals surface area contributed by atoms with E-state index in [-0.39, 0.29) is 29.5 Å². The van der Waals surface area contributed by atoms with E-state index in [0.717, 1.165) is 31.7 Å². The molecule has 1 aromatic carbocycles. The molecule has 0 spiro atoms. The molecule has 0 saturated heterocycles. The third kappa shape index (κ3) is 5.31. The smallest absolute Gasteiger partial charge is 0.260 e. The molecule has 0 aliphatic heterocycles. The van der Waals surface area contributed by atoms with Gasteiger partial charge >= 0.3 is 0 Å². The standard InChI is InChI=1S/C29H35F3N6O2/c1-14(2)38-26-16(13-33-29(36-26)34-17-6-8-18(9-7-17)37(4)5)11-21(28(38)40)20-12-22(30)25(24(32)23(20)31)35-27(39)19-10-15(19)3/h11-15,17-19H,6-10H2,1-5H3,(H,35,39)(H,33,34,36)/t15-,17-,18-,19+/m0/s1. The van der Waals surface area contributed by atoms with E-state index in [0.29, 0.717) is 29.4 Å². The summed E-state index contributed by atoms with van der Waals surface area (Å²) in [6, 6.07) is 2.46. The van der Waals surface area contributed by atoms with E-state index < -0.39 is 40.2 Å². The summed E-state index contributed by atoms with van der Waals surface area (Å²) in [7, 11) is 4.17. The van der Waals surface area contributed by atoms with Crippen LogP contribution in [0, 0.1) is 29.3 Å². The first kappa shape index (κ1) is 28.1. The van der Waals surface area contributed by atoms with Gasteiger partial charge in [-0.25, -0.2) is 18.2 Å². The number of nitrogens with zero attached hydrogens (tertiary/aromatic N) is 4. The van der Waals surface area contributed by atoms with Crippen LogP contribution < -0.4 is 16.2 Å². The van der Waals surface area contributed by atoms with Gasteiger partial charge in [0.25, 0.3) is 5.56 Å². The lowest BCUT2D eigenvalue weighted by molar-refractivity contribution is -0.117. The van der Waals surface area contributed by atoms with Crippen molar-refractivity contribution in [1.29, 1.82) is 0 Å². The summed E-state index contributed by atoms with van der Waals surface area (Å²) in [5.74, 6) is -4.54. The van der Waals surface area contributed by atoms with Gasteiger partial charge in [-0.3, -0.25) is 14.2 Å². The second kappa shape index (κ2) is 10.8. The summed E-state index contributed by atoms with van der Waals surface area (Å²) in [5, 5.41) is 5.97. The van der Waals surface area contributed by atoms with Crippen LogP contribution in [0.2, 0.25) is 0 Å². The number of halogens is 3. The number of hydrogen-bond acceptors (Lipinski definition) is 6. The van der Waals surface area contributed by atoms with E-state index in [4.69, 9.17) is 0 Å². The lowest BCUT2D eigenvalue weighted by Gasteiger charge is -2.33. The number of aromatic nitrogens is 3. The summed E-state index contributed by atoms with van der Waals surface area (Å²) in [6.45, 7) is 5.40. The molecule has 2 fully saturated rings. The first-order valence-electron chi connectivity index (χ1n) is 13.8. The fourth-order valence-electron chi connectivity index (χ4n) is 5.59.